The summed E-state index contributed by atoms with van der Waals surface area (Å²) in [5.41, 5.74) is 0.316. The summed E-state index contributed by atoms with van der Waals surface area (Å²) in [6.45, 7) is -0.0929. The number of carbonyl (C=O) groups is 1. The summed E-state index contributed by atoms with van der Waals surface area (Å²) in [5, 5.41) is 8.47. The Morgan fingerprint density at radius 2 is 2.11 bits per heavy atom. The number of hydrogen-bond donors (Lipinski definition) is 1. The number of halogens is 1. The molecule has 0 heterocycles. The maximum absolute atomic E-state index is 13.2. The largest absolute Gasteiger partial charge is 0.492 e. The molecule has 0 saturated heterocycles. The van der Waals surface area contributed by atoms with Gasteiger partial charge < -0.3 is 9.84 Å². The highest BCUT2D eigenvalue weighted by Crippen LogP contribution is 2.17. The van der Waals surface area contributed by atoms with Crippen molar-refractivity contribution in [2.24, 2.45) is 0 Å². The van der Waals surface area contributed by atoms with Crippen molar-refractivity contribution < 1.29 is 27.4 Å². The smallest absolute Gasteiger partial charge is 0.328 e. The number of hydrogen-bond acceptors (Lipinski definition) is 4. The number of rotatable bonds is 6. The third-order valence-electron chi connectivity index (χ3n) is 2.03. The molecule has 1 aromatic carbocycles. The van der Waals surface area contributed by atoms with Crippen molar-refractivity contribution in [2.75, 3.05) is 18.6 Å². The topological polar surface area (TPSA) is 80.7 Å². The van der Waals surface area contributed by atoms with Crippen LogP contribution < -0.4 is 4.74 Å². The number of carboxylic acid groups (broad SMARTS) is 1. The number of ether oxygens (including phenoxy) is 1. The Labute approximate surface area is 110 Å². The second-order valence-electron chi connectivity index (χ2n) is 3.87. The first kappa shape index (κ1) is 15.2. The summed E-state index contributed by atoms with van der Waals surface area (Å²) in [5.74, 6) is -1.77. The summed E-state index contributed by atoms with van der Waals surface area (Å²) < 4.78 is 40.1. The zero-order valence-corrected chi connectivity index (χ0v) is 11.0. The van der Waals surface area contributed by atoms with Crippen LogP contribution >= 0.6 is 0 Å². The van der Waals surface area contributed by atoms with Gasteiger partial charge in [-0.05, 0) is 23.8 Å². The zero-order chi connectivity index (χ0) is 14.5. The van der Waals surface area contributed by atoms with Crippen LogP contribution in [0.5, 0.6) is 5.75 Å². The molecule has 0 bridgehead atoms. The second kappa shape index (κ2) is 6.33. The molecule has 1 aromatic rings. The first-order chi connectivity index (χ1) is 8.76. The first-order valence-electron chi connectivity index (χ1n) is 5.28. The molecule has 0 unspecified atom stereocenters. The summed E-state index contributed by atoms with van der Waals surface area (Å²) in [6.07, 6.45) is 3.16. The van der Waals surface area contributed by atoms with Gasteiger partial charge in [0, 0.05) is 18.4 Å². The predicted molar refractivity (Wildman–Crippen MR) is 68.3 cm³/mol. The van der Waals surface area contributed by atoms with E-state index in [-0.39, 0.29) is 18.1 Å². The maximum atomic E-state index is 13.2. The number of benzene rings is 1. The molecule has 0 radical (unpaired) electrons. The molecular weight excluding hydrogens is 275 g/mol. The van der Waals surface area contributed by atoms with E-state index in [1.807, 2.05) is 0 Å². The van der Waals surface area contributed by atoms with E-state index in [4.69, 9.17) is 9.84 Å². The number of aliphatic carboxylic acids is 1. The average Bonchev–Trinajstić information content (AvgIpc) is 2.24. The minimum absolute atomic E-state index is 0.0929. The van der Waals surface area contributed by atoms with E-state index >= 15 is 0 Å². The van der Waals surface area contributed by atoms with E-state index in [9.17, 15) is 17.6 Å². The predicted octanol–water partition coefficient (Wildman–Crippen LogP) is 1.35. The van der Waals surface area contributed by atoms with Gasteiger partial charge in [0.15, 0.2) is 9.84 Å². The Hall–Kier alpha value is -1.89. The van der Waals surface area contributed by atoms with Crippen molar-refractivity contribution >= 4 is 21.9 Å². The van der Waals surface area contributed by atoms with Crippen LogP contribution in [0.3, 0.4) is 0 Å². The van der Waals surface area contributed by atoms with Crippen LogP contribution in [-0.4, -0.2) is 38.1 Å². The molecule has 0 saturated carbocycles. The zero-order valence-electron chi connectivity index (χ0n) is 10.2. The van der Waals surface area contributed by atoms with Crippen LogP contribution in [0, 0.1) is 5.82 Å². The fourth-order valence-corrected chi connectivity index (χ4v) is 1.63. The van der Waals surface area contributed by atoms with Gasteiger partial charge in [0.1, 0.15) is 18.2 Å². The van der Waals surface area contributed by atoms with E-state index < -0.39 is 21.6 Å². The van der Waals surface area contributed by atoms with Crippen molar-refractivity contribution in [3.63, 3.8) is 0 Å². The molecule has 0 spiro atoms. The van der Waals surface area contributed by atoms with Gasteiger partial charge in [-0.15, -0.1) is 0 Å². The normalized spacial score (nSPS) is 11.7. The molecule has 0 aliphatic carbocycles. The van der Waals surface area contributed by atoms with Crippen molar-refractivity contribution in [3.8, 4) is 5.75 Å². The number of sulfone groups is 1. The summed E-state index contributed by atoms with van der Waals surface area (Å²) in [6, 6.07) is 3.66. The van der Waals surface area contributed by atoms with E-state index in [1.165, 1.54) is 12.1 Å². The molecule has 0 aromatic heterocycles. The molecule has 19 heavy (non-hydrogen) atoms. The monoisotopic (exact) mass is 288 g/mol. The molecule has 0 aliphatic rings. The highest BCUT2D eigenvalue weighted by Gasteiger charge is 2.04. The van der Waals surface area contributed by atoms with Crippen LogP contribution in [0.4, 0.5) is 4.39 Å². The van der Waals surface area contributed by atoms with Crippen molar-refractivity contribution in [1.82, 2.24) is 0 Å². The van der Waals surface area contributed by atoms with E-state index in [0.717, 1.165) is 24.5 Å². The van der Waals surface area contributed by atoms with Gasteiger partial charge >= 0.3 is 5.97 Å². The molecule has 7 heteroatoms. The molecule has 0 aliphatic heterocycles. The van der Waals surface area contributed by atoms with E-state index in [2.05, 4.69) is 0 Å². The lowest BCUT2D eigenvalue weighted by atomic mass is 10.2. The van der Waals surface area contributed by atoms with Gasteiger partial charge in [-0.1, -0.05) is 0 Å². The van der Waals surface area contributed by atoms with Crippen LogP contribution in [0.1, 0.15) is 5.56 Å². The standard InChI is InChI=1S/C12H13FO5S/c1-19(16,17)5-4-18-11-7-9(2-3-12(14)15)6-10(13)8-11/h2-3,6-8H,4-5H2,1H3,(H,14,15)/b3-2+. The van der Waals surface area contributed by atoms with Crippen LogP contribution in [0.2, 0.25) is 0 Å². The molecule has 5 nitrogen and oxygen atoms in total. The fourth-order valence-electron chi connectivity index (χ4n) is 1.24. The SMILES string of the molecule is CS(=O)(=O)CCOc1cc(F)cc(/C=C/C(=O)O)c1. The molecule has 104 valence electrons. The van der Waals surface area contributed by atoms with Gasteiger partial charge in [-0.2, -0.15) is 0 Å². The van der Waals surface area contributed by atoms with Gasteiger partial charge in [0.2, 0.25) is 0 Å². The maximum Gasteiger partial charge on any atom is 0.328 e. The Bertz CT molecular complexity index is 592. The van der Waals surface area contributed by atoms with Gasteiger partial charge in [-0.3, -0.25) is 0 Å². The van der Waals surface area contributed by atoms with E-state index in [1.54, 1.807) is 0 Å². The summed E-state index contributed by atoms with van der Waals surface area (Å²) >= 11 is 0. The first-order valence-corrected chi connectivity index (χ1v) is 7.34. The van der Waals surface area contributed by atoms with Crippen molar-refractivity contribution in [2.45, 2.75) is 0 Å². The summed E-state index contributed by atoms with van der Waals surface area (Å²) in [7, 11) is -3.15. The lowest BCUT2D eigenvalue weighted by Gasteiger charge is -2.06. The van der Waals surface area contributed by atoms with Crippen LogP contribution in [-0.2, 0) is 14.6 Å². The highest BCUT2D eigenvalue weighted by atomic mass is 32.2. The minimum Gasteiger partial charge on any atom is -0.492 e. The average molecular weight is 288 g/mol. The molecule has 0 atom stereocenters. The quantitative estimate of drug-likeness (QED) is 0.799. The Balaban J connectivity index is 2.76. The molecule has 1 rings (SSSR count). The third-order valence-corrected chi connectivity index (χ3v) is 2.94. The second-order valence-corrected chi connectivity index (χ2v) is 6.13. The summed E-state index contributed by atoms with van der Waals surface area (Å²) in [4.78, 5) is 10.3. The Morgan fingerprint density at radius 1 is 1.42 bits per heavy atom. The van der Waals surface area contributed by atoms with Crippen LogP contribution in [0.25, 0.3) is 6.08 Å². The Morgan fingerprint density at radius 3 is 2.68 bits per heavy atom. The lowest BCUT2D eigenvalue weighted by molar-refractivity contribution is -0.131. The molecule has 1 N–H and O–H groups in total. The van der Waals surface area contributed by atoms with E-state index in [0.29, 0.717) is 5.56 Å². The van der Waals surface area contributed by atoms with Crippen molar-refractivity contribution in [1.29, 1.82) is 0 Å². The molecular formula is C12H13FO5S. The van der Waals surface area contributed by atoms with Gasteiger partial charge in [-0.25, -0.2) is 17.6 Å². The lowest BCUT2D eigenvalue weighted by Crippen LogP contribution is -2.12. The van der Waals surface area contributed by atoms with Crippen LogP contribution in [0.15, 0.2) is 24.3 Å². The minimum atomic E-state index is -3.15. The molecule has 0 amide bonds. The van der Waals surface area contributed by atoms with Gasteiger partial charge in [0.25, 0.3) is 0 Å². The molecule has 0 fully saturated rings. The highest BCUT2D eigenvalue weighted by molar-refractivity contribution is 7.90. The third kappa shape index (κ3) is 6.56. The fraction of sp³-hybridized carbons (Fsp3) is 0.250. The Kier molecular flexibility index (Phi) is 5.05. The van der Waals surface area contributed by atoms with Gasteiger partial charge in [0.05, 0.1) is 5.75 Å². The number of carboxylic acids is 1. The van der Waals surface area contributed by atoms with Crippen molar-refractivity contribution in [3.05, 3.63) is 35.7 Å².